The van der Waals surface area contributed by atoms with Crippen molar-refractivity contribution in [3.05, 3.63) is 53.6 Å². The normalized spacial score (nSPS) is 19.5. The molecular formula is C28H34N2O4S. The predicted octanol–water partition coefficient (Wildman–Crippen LogP) is 5.10. The van der Waals surface area contributed by atoms with Gasteiger partial charge >= 0.3 is 0 Å². The van der Waals surface area contributed by atoms with Crippen molar-refractivity contribution in [3.63, 3.8) is 0 Å². The smallest absolute Gasteiger partial charge is 0.256 e. The van der Waals surface area contributed by atoms with Crippen LogP contribution in [0.3, 0.4) is 0 Å². The van der Waals surface area contributed by atoms with Gasteiger partial charge in [0.05, 0.1) is 18.0 Å². The first-order valence-corrected chi connectivity index (χ1v) is 13.9. The summed E-state index contributed by atoms with van der Waals surface area (Å²) in [7, 11) is -2.72. The number of hydrogen-bond donors (Lipinski definition) is 1. The number of amidine groups is 1. The molecule has 3 aliphatic rings. The molecule has 35 heavy (non-hydrogen) atoms. The summed E-state index contributed by atoms with van der Waals surface area (Å²) in [5.74, 6) is 1.08. The third-order valence-corrected chi connectivity index (χ3v) is 8.49. The Bertz CT molecular complexity index is 1230. The van der Waals surface area contributed by atoms with Crippen LogP contribution in [-0.4, -0.2) is 37.2 Å². The molecular weight excluding hydrogens is 460 g/mol. The van der Waals surface area contributed by atoms with Gasteiger partial charge in [-0.1, -0.05) is 49.7 Å². The second-order valence-electron chi connectivity index (χ2n) is 10.3. The van der Waals surface area contributed by atoms with Gasteiger partial charge in [-0.15, -0.1) is 0 Å². The van der Waals surface area contributed by atoms with E-state index >= 15 is 0 Å². The number of ether oxygens (including phenoxy) is 1. The van der Waals surface area contributed by atoms with E-state index in [2.05, 4.69) is 13.0 Å². The lowest BCUT2D eigenvalue weighted by atomic mass is 9.65. The fourth-order valence-electron chi connectivity index (χ4n) is 5.74. The minimum Gasteiger partial charge on any atom is -0.377 e. The summed E-state index contributed by atoms with van der Waals surface area (Å²) in [6.07, 6.45) is 7.19. The van der Waals surface area contributed by atoms with Crippen molar-refractivity contribution in [1.29, 1.82) is 0 Å². The monoisotopic (exact) mass is 494 g/mol. The van der Waals surface area contributed by atoms with E-state index in [-0.39, 0.29) is 5.91 Å². The van der Waals surface area contributed by atoms with E-state index < -0.39 is 16.2 Å². The summed E-state index contributed by atoms with van der Waals surface area (Å²) in [6, 6.07) is 13.1. The van der Waals surface area contributed by atoms with Crippen LogP contribution in [0.2, 0.25) is 0 Å². The van der Waals surface area contributed by atoms with Crippen molar-refractivity contribution < 1.29 is 17.9 Å². The van der Waals surface area contributed by atoms with Crippen LogP contribution in [0.15, 0.2) is 52.4 Å². The molecule has 2 spiro atoms. The molecule has 0 radical (unpaired) electrons. The standard InChI is InChI=1S/C28H34N2O4S/c1-3-5-10-25-29-28(18-27(19-28)13-14-27)26(31)30(25)16-20-11-12-22(21(15-20)17-34-4-2)23-8-6-7-9-24(23)35(32)33/h6-9,11-12,15,35H,3-5,10,13-14,16-19H2,1-2H3. The van der Waals surface area contributed by atoms with Gasteiger partial charge in [-0.3, -0.25) is 14.7 Å². The van der Waals surface area contributed by atoms with Crippen LogP contribution < -0.4 is 0 Å². The Morgan fingerprint density at radius 3 is 2.51 bits per heavy atom. The maximum atomic E-state index is 13.6. The first-order valence-electron chi connectivity index (χ1n) is 12.7. The third-order valence-electron chi connectivity index (χ3n) is 7.71. The van der Waals surface area contributed by atoms with Gasteiger partial charge in [0.1, 0.15) is 11.4 Å². The number of hydrogen-bond acceptors (Lipinski definition) is 5. The van der Waals surface area contributed by atoms with E-state index in [1.807, 2.05) is 36.1 Å². The molecule has 2 fully saturated rings. The van der Waals surface area contributed by atoms with Crippen LogP contribution in [0, 0.1) is 5.41 Å². The lowest BCUT2D eigenvalue weighted by Gasteiger charge is -2.42. The highest BCUT2D eigenvalue weighted by molar-refractivity contribution is 7.72. The summed E-state index contributed by atoms with van der Waals surface area (Å²) in [6.45, 7) is 5.51. The van der Waals surface area contributed by atoms with Crippen molar-refractivity contribution in [1.82, 2.24) is 4.90 Å². The summed E-state index contributed by atoms with van der Waals surface area (Å²) in [4.78, 5) is 20.8. The molecule has 7 heteroatoms. The number of amides is 1. The Morgan fingerprint density at radius 1 is 1.06 bits per heavy atom. The minimum atomic E-state index is -2.72. The molecule has 0 unspecified atom stereocenters. The molecule has 5 rings (SSSR count). The molecule has 1 aliphatic heterocycles. The van der Waals surface area contributed by atoms with Crippen molar-refractivity contribution in [2.45, 2.75) is 82.4 Å². The number of carbonyl (C=O) groups excluding carboxylic acids is 1. The van der Waals surface area contributed by atoms with Crippen LogP contribution in [0.4, 0.5) is 0 Å². The highest BCUT2D eigenvalue weighted by Gasteiger charge is 2.67. The Morgan fingerprint density at radius 2 is 1.83 bits per heavy atom. The zero-order chi connectivity index (χ0) is 24.6. The summed E-state index contributed by atoms with van der Waals surface area (Å²) >= 11 is 0. The molecule has 2 aliphatic carbocycles. The van der Waals surface area contributed by atoms with E-state index in [1.165, 1.54) is 12.8 Å². The average molecular weight is 495 g/mol. The molecule has 2 aromatic carbocycles. The lowest BCUT2D eigenvalue weighted by Crippen LogP contribution is -2.51. The van der Waals surface area contributed by atoms with Crippen LogP contribution in [-0.2, 0) is 33.4 Å². The summed E-state index contributed by atoms with van der Waals surface area (Å²) in [5.41, 5.74) is 3.32. The third kappa shape index (κ3) is 4.56. The van der Waals surface area contributed by atoms with Crippen LogP contribution >= 0.6 is 0 Å². The van der Waals surface area contributed by atoms with Gasteiger partial charge in [0.15, 0.2) is 10.7 Å². The summed E-state index contributed by atoms with van der Waals surface area (Å²) in [5, 5.41) is 0. The molecule has 1 amide bonds. The number of thiol groups is 1. The van der Waals surface area contributed by atoms with Gasteiger partial charge in [0.2, 0.25) is 0 Å². The number of nitrogens with zero attached hydrogens (tertiary/aromatic N) is 2. The quantitative estimate of drug-likeness (QED) is 0.466. The number of aliphatic imine (C=N–C) groups is 1. The van der Waals surface area contributed by atoms with Crippen molar-refractivity contribution in [3.8, 4) is 11.1 Å². The molecule has 186 valence electrons. The van der Waals surface area contributed by atoms with E-state index in [9.17, 15) is 13.2 Å². The lowest BCUT2D eigenvalue weighted by molar-refractivity contribution is -0.137. The Hall–Kier alpha value is -2.51. The second-order valence-corrected chi connectivity index (χ2v) is 11.3. The highest BCUT2D eigenvalue weighted by Crippen LogP contribution is 2.67. The second kappa shape index (κ2) is 9.51. The van der Waals surface area contributed by atoms with E-state index in [0.717, 1.165) is 54.6 Å². The largest absolute Gasteiger partial charge is 0.377 e. The first kappa shape index (κ1) is 24.2. The number of unbranched alkanes of at least 4 members (excludes halogenated alkanes) is 1. The van der Waals surface area contributed by atoms with Gasteiger partial charge in [-0.05, 0) is 67.2 Å². The van der Waals surface area contributed by atoms with Crippen LogP contribution in [0.1, 0.15) is 69.9 Å². The Kier molecular flexibility index (Phi) is 6.57. The maximum absolute atomic E-state index is 13.6. The topological polar surface area (TPSA) is 76.0 Å². The number of benzene rings is 2. The van der Waals surface area contributed by atoms with Crippen LogP contribution in [0.5, 0.6) is 0 Å². The summed E-state index contributed by atoms with van der Waals surface area (Å²) < 4.78 is 29.5. The number of rotatable bonds is 10. The minimum absolute atomic E-state index is 0.158. The maximum Gasteiger partial charge on any atom is 0.256 e. The molecule has 2 saturated carbocycles. The highest BCUT2D eigenvalue weighted by atomic mass is 32.2. The number of carbonyl (C=O) groups is 1. The van der Waals surface area contributed by atoms with E-state index in [0.29, 0.717) is 35.6 Å². The Balaban J connectivity index is 1.45. The fourth-order valence-corrected chi connectivity index (χ4v) is 6.34. The zero-order valence-electron chi connectivity index (χ0n) is 20.6. The molecule has 0 N–H and O–H groups in total. The fraction of sp³-hybridized carbons (Fsp3) is 0.500. The molecule has 6 nitrogen and oxygen atoms in total. The SMILES string of the molecule is CCCCC1=NC2(CC3(CC3)C2)C(=O)N1Cc1ccc(-c2ccccc2[SH](=O)=O)c(COCC)c1. The van der Waals surface area contributed by atoms with Gasteiger partial charge in [0, 0.05) is 18.6 Å². The van der Waals surface area contributed by atoms with Crippen molar-refractivity contribution in [2.24, 2.45) is 10.4 Å². The van der Waals surface area contributed by atoms with Gasteiger partial charge in [-0.25, -0.2) is 8.42 Å². The van der Waals surface area contributed by atoms with E-state index in [4.69, 9.17) is 9.73 Å². The first-order chi connectivity index (χ1) is 16.9. The van der Waals surface area contributed by atoms with Gasteiger partial charge in [0.25, 0.3) is 5.91 Å². The molecule has 1 heterocycles. The molecule has 0 aromatic heterocycles. The Labute approximate surface area is 209 Å². The average Bonchev–Trinajstić information content (AvgIpc) is 3.58. The van der Waals surface area contributed by atoms with E-state index in [1.54, 1.807) is 12.1 Å². The van der Waals surface area contributed by atoms with Gasteiger partial charge < -0.3 is 4.74 Å². The van der Waals surface area contributed by atoms with Crippen molar-refractivity contribution in [2.75, 3.05) is 6.61 Å². The van der Waals surface area contributed by atoms with Crippen molar-refractivity contribution >= 4 is 22.4 Å². The zero-order valence-corrected chi connectivity index (χ0v) is 21.5. The van der Waals surface area contributed by atoms with Gasteiger partial charge in [-0.2, -0.15) is 0 Å². The van der Waals surface area contributed by atoms with Crippen LogP contribution in [0.25, 0.3) is 11.1 Å². The molecule has 0 atom stereocenters. The molecule has 2 aromatic rings. The molecule has 0 saturated heterocycles. The molecule has 0 bridgehead atoms. The predicted molar refractivity (Wildman–Crippen MR) is 137 cm³/mol.